The number of hydrogen-bond donors (Lipinski definition) is 2. The first-order valence-corrected chi connectivity index (χ1v) is 7.77. The van der Waals surface area contributed by atoms with Gasteiger partial charge in [-0.25, -0.2) is 18.5 Å². The minimum atomic E-state index is -3.87. The maximum absolute atomic E-state index is 12.1. The molecule has 0 aliphatic heterocycles. The molecule has 0 radical (unpaired) electrons. The molecule has 0 saturated heterocycles. The van der Waals surface area contributed by atoms with Crippen LogP contribution in [0.5, 0.6) is 0 Å². The van der Waals surface area contributed by atoms with Crippen molar-refractivity contribution in [3.05, 3.63) is 52.8 Å². The topological polar surface area (TPSA) is 102 Å². The Kier molecular flexibility index (Phi) is 4.26. The molecule has 1 aromatic heterocycles. The van der Waals surface area contributed by atoms with Gasteiger partial charge in [-0.2, -0.15) is 0 Å². The van der Waals surface area contributed by atoms with Gasteiger partial charge in [-0.1, -0.05) is 17.7 Å². The van der Waals surface area contributed by atoms with E-state index in [9.17, 15) is 13.2 Å². The van der Waals surface area contributed by atoms with Crippen LogP contribution in [0.4, 0.5) is 5.69 Å². The van der Waals surface area contributed by atoms with Crippen LogP contribution in [0.25, 0.3) is 0 Å². The van der Waals surface area contributed by atoms with Crippen LogP contribution >= 0.6 is 11.6 Å². The molecule has 0 spiro atoms. The number of nitrogens with two attached hydrogens (primary N) is 1. The normalized spacial score (nSPS) is 11.2. The van der Waals surface area contributed by atoms with Gasteiger partial charge in [0.25, 0.3) is 5.91 Å². The maximum atomic E-state index is 12.1. The van der Waals surface area contributed by atoms with Gasteiger partial charge in [0.1, 0.15) is 5.69 Å². The van der Waals surface area contributed by atoms with E-state index in [2.05, 4.69) is 10.3 Å². The molecule has 3 N–H and O–H groups in total. The molecule has 8 heteroatoms. The highest BCUT2D eigenvalue weighted by Crippen LogP contribution is 2.25. The van der Waals surface area contributed by atoms with Gasteiger partial charge in [0.05, 0.1) is 15.6 Å². The van der Waals surface area contributed by atoms with E-state index in [1.54, 1.807) is 25.1 Å². The Balaban J connectivity index is 2.33. The number of amides is 1. The highest BCUT2D eigenvalue weighted by molar-refractivity contribution is 7.89. The van der Waals surface area contributed by atoms with Crippen molar-refractivity contribution >= 4 is 33.2 Å². The molecular weight excluding hydrogens is 314 g/mol. The fraction of sp³-hybridized carbons (Fsp3) is 0.0769. The number of nitrogens with zero attached hydrogens (tertiary/aromatic N) is 1. The molecule has 0 atom stereocenters. The smallest absolute Gasteiger partial charge is 0.274 e. The summed E-state index contributed by atoms with van der Waals surface area (Å²) in [7, 11) is -3.87. The van der Waals surface area contributed by atoms with E-state index < -0.39 is 15.9 Å². The molecule has 2 aromatic rings. The zero-order valence-electron chi connectivity index (χ0n) is 11.0. The lowest BCUT2D eigenvalue weighted by atomic mass is 10.2. The van der Waals surface area contributed by atoms with Crippen molar-refractivity contribution in [2.75, 3.05) is 5.32 Å². The number of sulfonamides is 1. The Morgan fingerprint density at radius 3 is 2.62 bits per heavy atom. The first-order valence-electron chi connectivity index (χ1n) is 5.85. The molecular formula is C13H12ClN3O3S. The number of pyridine rings is 1. The quantitative estimate of drug-likeness (QED) is 0.900. The molecule has 0 bridgehead atoms. The molecule has 1 aromatic carbocycles. The number of nitrogens with one attached hydrogen (secondary N) is 1. The van der Waals surface area contributed by atoms with Crippen LogP contribution in [0.3, 0.4) is 0 Å². The lowest BCUT2D eigenvalue weighted by molar-refractivity contribution is 0.102. The highest BCUT2D eigenvalue weighted by Gasteiger charge is 2.14. The second-order valence-electron chi connectivity index (χ2n) is 4.30. The van der Waals surface area contributed by atoms with Crippen LogP contribution in [0.2, 0.25) is 5.02 Å². The predicted octanol–water partition coefficient (Wildman–Crippen LogP) is 1.94. The Labute approximate surface area is 127 Å². The summed E-state index contributed by atoms with van der Waals surface area (Å²) in [6, 6.07) is 8.80. The van der Waals surface area contributed by atoms with Crippen LogP contribution in [0.1, 0.15) is 16.2 Å². The summed E-state index contributed by atoms with van der Waals surface area (Å²) in [6.45, 7) is 1.76. The van der Waals surface area contributed by atoms with Crippen LogP contribution in [-0.2, 0) is 10.0 Å². The average Bonchev–Trinajstić information content (AvgIpc) is 2.40. The van der Waals surface area contributed by atoms with E-state index in [4.69, 9.17) is 16.7 Å². The number of benzene rings is 1. The average molecular weight is 326 g/mol. The minimum absolute atomic E-state index is 0.139. The largest absolute Gasteiger partial charge is 0.319 e. The van der Waals surface area contributed by atoms with Crippen LogP contribution in [-0.4, -0.2) is 19.3 Å². The third-order valence-corrected chi connectivity index (χ3v) is 3.88. The van der Waals surface area contributed by atoms with E-state index in [1.807, 2.05) is 0 Å². The van der Waals surface area contributed by atoms with Crippen molar-refractivity contribution in [2.45, 2.75) is 11.8 Å². The second-order valence-corrected chi connectivity index (χ2v) is 6.27. The zero-order chi connectivity index (χ0) is 15.6. The summed E-state index contributed by atoms with van der Waals surface area (Å²) in [5.41, 5.74) is 1.04. The number of carbonyl (C=O) groups is 1. The van der Waals surface area contributed by atoms with Crippen LogP contribution in [0.15, 0.2) is 41.3 Å². The lowest BCUT2D eigenvalue weighted by Gasteiger charge is -2.08. The molecule has 110 valence electrons. The first kappa shape index (κ1) is 15.4. The Bertz CT molecular complexity index is 806. The van der Waals surface area contributed by atoms with Crippen molar-refractivity contribution in [3.8, 4) is 0 Å². The first-order chi connectivity index (χ1) is 9.77. The molecule has 0 aliphatic carbocycles. The molecule has 1 amide bonds. The molecule has 0 fully saturated rings. The van der Waals surface area contributed by atoms with E-state index >= 15 is 0 Å². The van der Waals surface area contributed by atoms with Crippen LogP contribution < -0.4 is 10.5 Å². The second kappa shape index (κ2) is 5.80. The number of aryl methyl sites for hydroxylation is 1. The summed E-state index contributed by atoms with van der Waals surface area (Å²) < 4.78 is 22.6. The van der Waals surface area contributed by atoms with Crippen molar-refractivity contribution in [1.82, 2.24) is 4.98 Å². The van der Waals surface area contributed by atoms with E-state index in [0.29, 0.717) is 5.69 Å². The Hall–Kier alpha value is -1.96. The van der Waals surface area contributed by atoms with Gasteiger partial charge in [-0.3, -0.25) is 4.79 Å². The zero-order valence-corrected chi connectivity index (χ0v) is 12.6. The van der Waals surface area contributed by atoms with E-state index in [0.717, 1.165) is 0 Å². The van der Waals surface area contributed by atoms with Gasteiger partial charge >= 0.3 is 0 Å². The van der Waals surface area contributed by atoms with Gasteiger partial charge in [-0.15, -0.1) is 0 Å². The highest BCUT2D eigenvalue weighted by atomic mass is 35.5. The fourth-order valence-electron chi connectivity index (χ4n) is 1.63. The van der Waals surface area contributed by atoms with Crippen molar-refractivity contribution in [1.29, 1.82) is 0 Å². The van der Waals surface area contributed by atoms with Gasteiger partial charge in [0, 0.05) is 5.69 Å². The standard InChI is InChI=1S/C13H12ClN3O3S/c1-8-3-2-4-11(16-8)13(18)17-12-7-9(21(15,19)20)5-6-10(12)14/h2-7H,1H3,(H,17,18)(H2,15,19,20). The molecule has 1 heterocycles. The monoisotopic (exact) mass is 325 g/mol. The molecule has 0 unspecified atom stereocenters. The van der Waals surface area contributed by atoms with Gasteiger partial charge in [0.15, 0.2) is 0 Å². The summed E-state index contributed by atoms with van der Waals surface area (Å²) in [5, 5.41) is 7.75. The molecule has 0 saturated carbocycles. The summed E-state index contributed by atoms with van der Waals surface area (Å²) in [5.74, 6) is -0.493. The molecule has 6 nitrogen and oxygen atoms in total. The number of hydrogen-bond acceptors (Lipinski definition) is 4. The van der Waals surface area contributed by atoms with E-state index in [-0.39, 0.29) is 21.3 Å². The van der Waals surface area contributed by atoms with Gasteiger partial charge in [-0.05, 0) is 37.3 Å². The summed E-state index contributed by atoms with van der Waals surface area (Å²) >= 11 is 5.94. The predicted molar refractivity (Wildman–Crippen MR) is 79.8 cm³/mol. The summed E-state index contributed by atoms with van der Waals surface area (Å²) in [4.78, 5) is 16.0. The maximum Gasteiger partial charge on any atom is 0.274 e. The molecule has 0 aliphatic rings. The van der Waals surface area contributed by atoms with E-state index in [1.165, 1.54) is 18.2 Å². The number of aromatic nitrogens is 1. The number of anilines is 1. The van der Waals surface area contributed by atoms with Crippen LogP contribution in [0, 0.1) is 6.92 Å². The van der Waals surface area contributed by atoms with Crippen molar-refractivity contribution in [3.63, 3.8) is 0 Å². The number of carbonyl (C=O) groups excluding carboxylic acids is 1. The number of halogens is 1. The molecule has 2 rings (SSSR count). The fourth-order valence-corrected chi connectivity index (χ4v) is 2.34. The summed E-state index contributed by atoms with van der Waals surface area (Å²) in [6.07, 6.45) is 0. The van der Waals surface area contributed by atoms with Crippen molar-refractivity contribution < 1.29 is 13.2 Å². The number of rotatable bonds is 3. The van der Waals surface area contributed by atoms with Crippen molar-refractivity contribution in [2.24, 2.45) is 5.14 Å². The Morgan fingerprint density at radius 1 is 1.29 bits per heavy atom. The van der Waals surface area contributed by atoms with Gasteiger partial charge in [0.2, 0.25) is 10.0 Å². The third-order valence-electron chi connectivity index (χ3n) is 2.64. The molecule has 21 heavy (non-hydrogen) atoms. The lowest BCUT2D eigenvalue weighted by Crippen LogP contribution is -2.16. The number of primary sulfonamides is 1. The van der Waals surface area contributed by atoms with Gasteiger partial charge < -0.3 is 5.32 Å². The SMILES string of the molecule is Cc1cccc(C(=O)Nc2cc(S(N)(=O)=O)ccc2Cl)n1. The third kappa shape index (κ3) is 3.78. The minimum Gasteiger partial charge on any atom is -0.319 e. The Morgan fingerprint density at radius 2 is 2.00 bits per heavy atom.